The number of ether oxygens (including phenoxy) is 1. The molecule has 0 spiro atoms. The lowest BCUT2D eigenvalue weighted by Crippen LogP contribution is -2.32. The van der Waals surface area contributed by atoms with E-state index >= 15 is 0 Å². The highest BCUT2D eigenvalue weighted by atomic mass is 35.5. The fraction of sp³-hybridized carbons (Fsp3) is 0.538. The van der Waals surface area contributed by atoms with Crippen molar-refractivity contribution in [1.29, 1.82) is 0 Å². The van der Waals surface area contributed by atoms with E-state index in [0.29, 0.717) is 27.2 Å². The average molecular weight is 303 g/mol. The van der Waals surface area contributed by atoms with Crippen LogP contribution in [0.1, 0.15) is 24.2 Å². The van der Waals surface area contributed by atoms with Gasteiger partial charge in [0.1, 0.15) is 10.0 Å². The summed E-state index contributed by atoms with van der Waals surface area (Å²) in [4.78, 5) is 17.9. The molecule has 1 fully saturated rings. The Labute approximate surface area is 122 Å². The van der Waals surface area contributed by atoms with Crippen LogP contribution in [-0.4, -0.2) is 35.5 Å². The second-order valence-corrected chi connectivity index (χ2v) is 5.37. The smallest absolute Gasteiger partial charge is 0.260 e. The van der Waals surface area contributed by atoms with Crippen LogP contribution in [0, 0.1) is 13.8 Å². The van der Waals surface area contributed by atoms with Gasteiger partial charge in [0.25, 0.3) is 5.91 Å². The van der Waals surface area contributed by atoms with E-state index in [1.165, 1.54) is 0 Å². The van der Waals surface area contributed by atoms with Crippen molar-refractivity contribution in [2.75, 3.05) is 19.7 Å². The van der Waals surface area contributed by atoms with Gasteiger partial charge in [0.15, 0.2) is 12.4 Å². The van der Waals surface area contributed by atoms with Gasteiger partial charge in [-0.2, -0.15) is 0 Å². The molecule has 1 aliphatic heterocycles. The van der Waals surface area contributed by atoms with E-state index in [1.807, 2.05) is 0 Å². The summed E-state index contributed by atoms with van der Waals surface area (Å²) in [5, 5.41) is 0.731. The molecule has 0 aromatic carbocycles. The molecule has 19 heavy (non-hydrogen) atoms. The molecule has 0 N–H and O–H groups in total. The highest BCUT2D eigenvalue weighted by Crippen LogP contribution is 2.36. The summed E-state index contributed by atoms with van der Waals surface area (Å²) in [6.45, 7) is 5.13. The van der Waals surface area contributed by atoms with Crippen LogP contribution in [0.2, 0.25) is 10.0 Å². The van der Waals surface area contributed by atoms with Crippen molar-refractivity contribution in [2.24, 2.45) is 0 Å². The van der Waals surface area contributed by atoms with E-state index in [9.17, 15) is 4.79 Å². The van der Waals surface area contributed by atoms with Gasteiger partial charge in [-0.1, -0.05) is 23.2 Å². The third-order valence-corrected chi connectivity index (χ3v) is 4.06. The third kappa shape index (κ3) is 3.12. The van der Waals surface area contributed by atoms with Gasteiger partial charge in [-0.05, 0) is 26.7 Å². The van der Waals surface area contributed by atoms with Crippen LogP contribution < -0.4 is 4.74 Å². The molecule has 1 aromatic rings. The zero-order valence-electron chi connectivity index (χ0n) is 11.0. The highest BCUT2D eigenvalue weighted by Gasteiger charge is 2.20. The van der Waals surface area contributed by atoms with Crippen LogP contribution in [0.25, 0.3) is 0 Å². The minimum atomic E-state index is -0.0394. The second kappa shape index (κ2) is 5.97. The van der Waals surface area contributed by atoms with Crippen molar-refractivity contribution in [3.63, 3.8) is 0 Å². The summed E-state index contributed by atoms with van der Waals surface area (Å²) in [6, 6.07) is 0. The van der Waals surface area contributed by atoms with Gasteiger partial charge < -0.3 is 9.64 Å². The first-order chi connectivity index (χ1) is 9.00. The van der Waals surface area contributed by atoms with E-state index in [2.05, 4.69) is 4.98 Å². The van der Waals surface area contributed by atoms with E-state index in [0.717, 1.165) is 25.9 Å². The fourth-order valence-electron chi connectivity index (χ4n) is 2.09. The standard InChI is InChI=1S/C13H16Cl2N2O2/c1-8-11(14)13(12(15)9(2)16-8)19-7-10(18)17-5-3-4-6-17/h3-7H2,1-2H3. The Bertz CT molecular complexity index is 474. The Morgan fingerprint density at radius 1 is 1.21 bits per heavy atom. The van der Waals surface area contributed by atoms with Gasteiger partial charge >= 0.3 is 0 Å². The average Bonchev–Trinajstić information content (AvgIpc) is 2.90. The lowest BCUT2D eigenvalue weighted by Gasteiger charge is -2.17. The molecular formula is C13H16Cl2N2O2. The summed E-state index contributed by atoms with van der Waals surface area (Å²) in [7, 11) is 0. The topological polar surface area (TPSA) is 42.4 Å². The number of rotatable bonds is 3. The number of hydrogen-bond acceptors (Lipinski definition) is 3. The quantitative estimate of drug-likeness (QED) is 0.862. The number of amides is 1. The van der Waals surface area contributed by atoms with Crippen molar-refractivity contribution >= 4 is 29.1 Å². The third-order valence-electron chi connectivity index (χ3n) is 3.17. The van der Waals surface area contributed by atoms with E-state index in [-0.39, 0.29) is 12.5 Å². The predicted molar refractivity (Wildman–Crippen MR) is 75.0 cm³/mol. The lowest BCUT2D eigenvalue weighted by molar-refractivity contribution is -0.132. The maximum Gasteiger partial charge on any atom is 0.260 e. The molecule has 104 valence electrons. The Kier molecular flexibility index (Phi) is 4.53. The lowest BCUT2D eigenvalue weighted by atomic mass is 10.3. The molecule has 2 heterocycles. The van der Waals surface area contributed by atoms with Crippen LogP contribution in [0.15, 0.2) is 0 Å². The van der Waals surface area contributed by atoms with Gasteiger partial charge in [-0.15, -0.1) is 0 Å². The first kappa shape index (κ1) is 14.4. The van der Waals surface area contributed by atoms with Crippen LogP contribution in [0.3, 0.4) is 0 Å². The van der Waals surface area contributed by atoms with E-state index in [4.69, 9.17) is 27.9 Å². The maximum absolute atomic E-state index is 11.9. The molecule has 6 heteroatoms. The zero-order valence-corrected chi connectivity index (χ0v) is 12.5. The van der Waals surface area contributed by atoms with Gasteiger partial charge in [0.05, 0.1) is 11.4 Å². The van der Waals surface area contributed by atoms with Crippen molar-refractivity contribution in [3.8, 4) is 5.75 Å². The molecular weight excluding hydrogens is 287 g/mol. The van der Waals surface area contributed by atoms with Crippen LogP contribution in [0.5, 0.6) is 5.75 Å². The van der Waals surface area contributed by atoms with Crippen molar-refractivity contribution in [3.05, 3.63) is 21.4 Å². The minimum absolute atomic E-state index is 0.0308. The van der Waals surface area contributed by atoms with E-state index < -0.39 is 0 Å². The van der Waals surface area contributed by atoms with Gasteiger partial charge in [0, 0.05) is 13.1 Å². The number of hydrogen-bond donors (Lipinski definition) is 0. The second-order valence-electron chi connectivity index (χ2n) is 4.62. The monoisotopic (exact) mass is 302 g/mol. The summed E-state index contributed by atoms with van der Waals surface area (Å²) >= 11 is 12.2. The number of nitrogens with zero attached hydrogens (tertiary/aromatic N) is 2. The number of pyridine rings is 1. The number of aromatic nitrogens is 1. The van der Waals surface area contributed by atoms with Crippen LogP contribution >= 0.6 is 23.2 Å². The molecule has 0 bridgehead atoms. The number of halogens is 2. The fourth-order valence-corrected chi connectivity index (χ4v) is 2.52. The summed E-state index contributed by atoms with van der Waals surface area (Å²) in [5.74, 6) is 0.317. The maximum atomic E-state index is 11.9. The molecule has 0 radical (unpaired) electrons. The largest absolute Gasteiger partial charge is 0.480 e. The van der Waals surface area contributed by atoms with Crippen molar-refractivity contribution in [1.82, 2.24) is 9.88 Å². The van der Waals surface area contributed by atoms with Gasteiger partial charge in [-0.25, -0.2) is 0 Å². The predicted octanol–water partition coefficient (Wildman–Crippen LogP) is 3.01. The molecule has 1 aliphatic rings. The molecule has 4 nitrogen and oxygen atoms in total. The van der Waals surface area contributed by atoms with Crippen LogP contribution in [0.4, 0.5) is 0 Å². The molecule has 0 atom stereocenters. The number of likely N-dealkylation sites (tertiary alicyclic amines) is 1. The molecule has 1 saturated heterocycles. The molecule has 1 aromatic heterocycles. The number of aryl methyl sites for hydroxylation is 2. The Hall–Kier alpha value is -1.00. The van der Waals surface area contributed by atoms with Gasteiger partial charge in [-0.3, -0.25) is 9.78 Å². The van der Waals surface area contributed by atoms with Crippen molar-refractivity contribution < 1.29 is 9.53 Å². The highest BCUT2D eigenvalue weighted by molar-refractivity contribution is 6.37. The Balaban J connectivity index is 2.09. The molecule has 0 aliphatic carbocycles. The van der Waals surface area contributed by atoms with Crippen LogP contribution in [-0.2, 0) is 4.79 Å². The van der Waals surface area contributed by atoms with E-state index in [1.54, 1.807) is 18.7 Å². The molecule has 1 amide bonds. The first-order valence-electron chi connectivity index (χ1n) is 6.23. The zero-order chi connectivity index (χ0) is 14.0. The Morgan fingerprint density at radius 2 is 1.74 bits per heavy atom. The summed E-state index contributed by atoms with van der Waals surface area (Å²) < 4.78 is 5.51. The molecule has 0 saturated carbocycles. The number of carbonyl (C=O) groups excluding carboxylic acids is 1. The number of carbonyl (C=O) groups is 1. The van der Waals surface area contributed by atoms with Crippen molar-refractivity contribution in [2.45, 2.75) is 26.7 Å². The molecule has 0 unspecified atom stereocenters. The Morgan fingerprint density at radius 3 is 2.26 bits per heavy atom. The normalized spacial score (nSPS) is 14.8. The summed E-state index contributed by atoms with van der Waals surface area (Å²) in [5.41, 5.74) is 1.29. The minimum Gasteiger partial charge on any atom is -0.480 e. The first-order valence-corrected chi connectivity index (χ1v) is 6.99. The SMILES string of the molecule is Cc1nc(C)c(Cl)c(OCC(=O)N2CCCC2)c1Cl. The summed E-state index contributed by atoms with van der Waals surface area (Å²) in [6.07, 6.45) is 2.11. The van der Waals surface area contributed by atoms with Gasteiger partial charge in [0.2, 0.25) is 0 Å². The molecule has 2 rings (SSSR count).